The Hall–Kier alpha value is -0.570. The zero-order valence-corrected chi connectivity index (χ0v) is 6.68. The highest BCUT2D eigenvalue weighted by atomic mass is 16.1. The highest BCUT2D eigenvalue weighted by Crippen LogP contribution is 1.86. The second-order valence-electron chi connectivity index (χ2n) is 2.48. The number of carbonyl (C=O) groups excluding carboxylic acids is 1. The molecule has 1 unspecified atom stereocenters. The molecule has 0 aliphatic heterocycles. The first kappa shape index (κ1) is 9.43. The molecule has 0 radical (unpaired) electrons. The largest absolute Gasteiger partial charge is 0.370 e. The number of carbonyl (C=O) groups is 1. The normalized spacial score (nSPS) is 13.0. The maximum Gasteiger partial charge on any atom is 0.218 e. The van der Waals surface area contributed by atoms with E-state index in [-0.39, 0.29) is 5.91 Å². The average molecular weight is 144 g/mol. The van der Waals surface area contributed by atoms with Crippen LogP contribution >= 0.6 is 0 Å². The van der Waals surface area contributed by atoms with Gasteiger partial charge in [-0.15, -0.1) is 0 Å². The fraction of sp³-hybridized carbons (Fsp3) is 0.857. The molecular weight excluding hydrogens is 128 g/mol. The van der Waals surface area contributed by atoms with Gasteiger partial charge >= 0.3 is 0 Å². The molecule has 0 aromatic rings. The minimum atomic E-state index is -0.240. The molecule has 3 N–H and O–H groups in total. The molecule has 0 bridgehead atoms. The molecule has 0 heterocycles. The first-order valence-corrected chi connectivity index (χ1v) is 3.68. The summed E-state index contributed by atoms with van der Waals surface area (Å²) in [6, 6.07) is 0.486. The Morgan fingerprint density at radius 1 is 1.70 bits per heavy atom. The highest BCUT2D eigenvalue weighted by molar-refractivity contribution is 5.73. The van der Waals surface area contributed by atoms with Gasteiger partial charge < -0.3 is 11.1 Å². The van der Waals surface area contributed by atoms with Crippen LogP contribution in [0.1, 0.15) is 26.7 Å². The van der Waals surface area contributed by atoms with Gasteiger partial charge in [0.1, 0.15) is 0 Å². The van der Waals surface area contributed by atoms with Crippen LogP contribution in [-0.4, -0.2) is 18.5 Å². The van der Waals surface area contributed by atoms with E-state index in [1.807, 2.05) is 0 Å². The van der Waals surface area contributed by atoms with E-state index in [1.54, 1.807) is 0 Å². The Morgan fingerprint density at radius 3 is 2.70 bits per heavy atom. The van der Waals surface area contributed by atoms with Crippen molar-refractivity contribution >= 4 is 5.91 Å². The van der Waals surface area contributed by atoms with E-state index >= 15 is 0 Å². The summed E-state index contributed by atoms with van der Waals surface area (Å²) in [4.78, 5) is 10.3. The predicted octanol–water partition coefficient (Wildman–Crippen LogP) is 0.250. The Bertz CT molecular complexity index is 104. The van der Waals surface area contributed by atoms with Crippen LogP contribution in [0.4, 0.5) is 0 Å². The number of nitrogens with two attached hydrogens (primary N) is 1. The molecule has 3 heteroatoms. The molecule has 0 saturated carbocycles. The van der Waals surface area contributed by atoms with Crippen LogP contribution in [0.15, 0.2) is 0 Å². The molecule has 0 spiro atoms. The molecule has 1 amide bonds. The zero-order chi connectivity index (χ0) is 7.98. The Morgan fingerprint density at radius 2 is 2.30 bits per heavy atom. The van der Waals surface area contributed by atoms with Crippen molar-refractivity contribution in [2.75, 3.05) is 6.54 Å². The van der Waals surface area contributed by atoms with Crippen molar-refractivity contribution in [2.24, 2.45) is 5.73 Å². The summed E-state index contributed by atoms with van der Waals surface area (Å²) in [6.07, 6.45) is 1.52. The first-order valence-electron chi connectivity index (χ1n) is 3.68. The van der Waals surface area contributed by atoms with E-state index in [4.69, 9.17) is 5.73 Å². The molecule has 0 fully saturated rings. The SMILES string of the molecule is CCC(C)NCCC(N)=O. The highest BCUT2D eigenvalue weighted by Gasteiger charge is 1.97. The topological polar surface area (TPSA) is 55.1 Å². The van der Waals surface area contributed by atoms with E-state index in [2.05, 4.69) is 19.2 Å². The molecule has 0 aromatic heterocycles. The van der Waals surface area contributed by atoms with E-state index in [0.29, 0.717) is 19.0 Å². The summed E-state index contributed by atoms with van der Waals surface area (Å²) >= 11 is 0. The van der Waals surface area contributed by atoms with Crippen molar-refractivity contribution in [3.05, 3.63) is 0 Å². The maximum atomic E-state index is 10.3. The fourth-order valence-electron chi connectivity index (χ4n) is 0.586. The monoisotopic (exact) mass is 144 g/mol. The summed E-state index contributed by atoms with van der Waals surface area (Å²) in [5.41, 5.74) is 4.94. The van der Waals surface area contributed by atoms with Crippen LogP contribution in [-0.2, 0) is 4.79 Å². The third-order valence-corrected chi connectivity index (χ3v) is 1.48. The first-order chi connectivity index (χ1) is 4.66. The van der Waals surface area contributed by atoms with Crippen LogP contribution in [0.25, 0.3) is 0 Å². The average Bonchev–Trinajstić information content (AvgIpc) is 1.87. The molecule has 0 rings (SSSR count). The lowest BCUT2D eigenvalue weighted by molar-refractivity contribution is -0.117. The van der Waals surface area contributed by atoms with Gasteiger partial charge in [0.25, 0.3) is 0 Å². The van der Waals surface area contributed by atoms with Gasteiger partial charge in [0.05, 0.1) is 0 Å². The van der Waals surface area contributed by atoms with Crippen molar-refractivity contribution in [3.63, 3.8) is 0 Å². The number of hydrogen-bond donors (Lipinski definition) is 2. The van der Waals surface area contributed by atoms with Crippen molar-refractivity contribution in [1.82, 2.24) is 5.32 Å². The van der Waals surface area contributed by atoms with Gasteiger partial charge in [-0.3, -0.25) is 4.79 Å². The molecule has 0 aliphatic rings. The van der Waals surface area contributed by atoms with E-state index in [9.17, 15) is 4.79 Å². The molecule has 60 valence electrons. The zero-order valence-electron chi connectivity index (χ0n) is 6.68. The third-order valence-electron chi connectivity index (χ3n) is 1.48. The second-order valence-corrected chi connectivity index (χ2v) is 2.48. The molecule has 0 aromatic carbocycles. The van der Waals surface area contributed by atoms with E-state index in [1.165, 1.54) is 0 Å². The standard InChI is InChI=1S/C7H16N2O/c1-3-6(2)9-5-4-7(8)10/h6,9H,3-5H2,1-2H3,(H2,8,10). The number of amides is 1. The van der Waals surface area contributed by atoms with Gasteiger partial charge in [0.2, 0.25) is 5.91 Å². The fourth-order valence-corrected chi connectivity index (χ4v) is 0.586. The van der Waals surface area contributed by atoms with Gasteiger partial charge in [0, 0.05) is 19.0 Å². The Kier molecular flexibility index (Phi) is 4.94. The van der Waals surface area contributed by atoms with Crippen LogP contribution in [0.5, 0.6) is 0 Å². The third kappa shape index (κ3) is 5.56. The van der Waals surface area contributed by atoms with E-state index < -0.39 is 0 Å². The van der Waals surface area contributed by atoms with Gasteiger partial charge in [-0.25, -0.2) is 0 Å². The van der Waals surface area contributed by atoms with Crippen molar-refractivity contribution in [3.8, 4) is 0 Å². The maximum absolute atomic E-state index is 10.3. The molecule has 0 aliphatic carbocycles. The van der Waals surface area contributed by atoms with Crippen molar-refractivity contribution in [1.29, 1.82) is 0 Å². The van der Waals surface area contributed by atoms with Crippen LogP contribution in [0, 0.1) is 0 Å². The number of primary amides is 1. The number of nitrogens with one attached hydrogen (secondary N) is 1. The second kappa shape index (κ2) is 5.23. The Labute approximate surface area is 62.0 Å². The lowest BCUT2D eigenvalue weighted by Crippen LogP contribution is -2.29. The summed E-state index contributed by atoms with van der Waals surface area (Å²) in [6.45, 7) is 4.88. The van der Waals surface area contributed by atoms with Crippen molar-refractivity contribution in [2.45, 2.75) is 32.7 Å². The van der Waals surface area contributed by atoms with Gasteiger partial charge in [0.15, 0.2) is 0 Å². The quantitative estimate of drug-likeness (QED) is 0.581. The van der Waals surface area contributed by atoms with Crippen LogP contribution in [0.2, 0.25) is 0 Å². The smallest absolute Gasteiger partial charge is 0.218 e. The number of hydrogen-bond acceptors (Lipinski definition) is 2. The van der Waals surface area contributed by atoms with Crippen LogP contribution < -0.4 is 11.1 Å². The summed E-state index contributed by atoms with van der Waals surface area (Å²) in [5, 5.41) is 3.16. The van der Waals surface area contributed by atoms with Gasteiger partial charge in [-0.05, 0) is 13.3 Å². The summed E-state index contributed by atoms with van der Waals surface area (Å²) < 4.78 is 0. The molecule has 1 atom stereocenters. The summed E-state index contributed by atoms with van der Waals surface area (Å²) in [7, 11) is 0. The molecular formula is C7H16N2O. The van der Waals surface area contributed by atoms with Gasteiger partial charge in [-0.1, -0.05) is 6.92 Å². The predicted molar refractivity (Wildman–Crippen MR) is 41.6 cm³/mol. The van der Waals surface area contributed by atoms with Gasteiger partial charge in [-0.2, -0.15) is 0 Å². The lowest BCUT2D eigenvalue weighted by atomic mass is 10.2. The van der Waals surface area contributed by atoms with E-state index in [0.717, 1.165) is 6.42 Å². The van der Waals surface area contributed by atoms with Crippen LogP contribution in [0.3, 0.4) is 0 Å². The Balaban J connectivity index is 3.11. The number of rotatable bonds is 5. The minimum Gasteiger partial charge on any atom is -0.370 e. The molecule has 10 heavy (non-hydrogen) atoms. The molecule has 0 saturated heterocycles. The molecule has 3 nitrogen and oxygen atoms in total. The minimum absolute atomic E-state index is 0.240. The lowest BCUT2D eigenvalue weighted by Gasteiger charge is -2.08. The van der Waals surface area contributed by atoms with Crippen molar-refractivity contribution < 1.29 is 4.79 Å². The summed E-state index contributed by atoms with van der Waals surface area (Å²) in [5.74, 6) is -0.240.